The first-order chi connectivity index (χ1) is 13.7. The van der Waals surface area contributed by atoms with Crippen LogP contribution in [0.2, 0.25) is 0 Å². The molecule has 1 aromatic carbocycles. The lowest BCUT2D eigenvalue weighted by Gasteiger charge is -2.32. The predicted molar refractivity (Wildman–Crippen MR) is 103 cm³/mol. The van der Waals surface area contributed by atoms with Crippen LogP contribution in [0.25, 0.3) is 0 Å². The second-order valence-electron chi connectivity index (χ2n) is 6.18. The van der Waals surface area contributed by atoms with Gasteiger partial charge in [0.05, 0.1) is 19.2 Å². The Bertz CT molecular complexity index is 774. The van der Waals surface area contributed by atoms with Crippen molar-refractivity contribution >= 4 is 18.3 Å². The van der Waals surface area contributed by atoms with Gasteiger partial charge in [0, 0.05) is 38.6 Å². The molecule has 2 amide bonds. The molecule has 1 saturated heterocycles. The van der Waals surface area contributed by atoms with Crippen molar-refractivity contribution in [3.05, 3.63) is 42.2 Å². The first-order valence-corrected chi connectivity index (χ1v) is 9.01. The van der Waals surface area contributed by atoms with E-state index in [4.69, 9.17) is 9.47 Å². The average molecular weight is 385 g/mol. The zero-order valence-corrected chi connectivity index (χ0v) is 15.7. The second-order valence-corrected chi connectivity index (χ2v) is 6.18. The number of piperazine rings is 1. The number of nitrogens with zero attached hydrogens (tertiary/aromatic N) is 4. The van der Waals surface area contributed by atoms with E-state index >= 15 is 0 Å². The van der Waals surface area contributed by atoms with E-state index in [1.54, 1.807) is 16.9 Å². The summed E-state index contributed by atoms with van der Waals surface area (Å²) in [6.07, 6.45) is 3.83. The molecule has 0 atom stereocenters. The standard InChI is InChI=1S/C19H23N5O4/c1-27-16-2-4-17(5-3-16)28-11-6-20-19-21-12-15(13-22-19)18(26)24-9-7-23(14-25)8-10-24/h2-5,12-14H,6-11H2,1H3,(H,20,21,22). The number of carbonyl (C=O) groups is 2. The number of rotatable bonds is 8. The summed E-state index contributed by atoms with van der Waals surface area (Å²) in [5, 5.41) is 3.05. The van der Waals surface area contributed by atoms with Crippen molar-refractivity contribution in [3.63, 3.8) is 0 Å². The summed E-state index contributed by atoms with van der Waals surface area (Å²) >= 11 is 0. The van der Waals surface area contributed by atoms with Gasteiger partial charge in [-0.25, -0.2) is 9.97 Å². The van der Waals surface area contributed by atoms with Crippen molar-refractivity contribution in [2.45, 2.75) is 0 Å². The Morgan fingerprint density at radius 3 is 2.36 bits per heavy atom. The SMILES string of the molecule is COc1ccc(OCCNc2ncc(C(=O)N3CCN(C=O)CC3)cn2)cc1. The molecule has 1 aliphatic heterocycles. The number of aromatic nitrogens is 2. The molecule has 0 aliphatic carbocycles. The van der Waals surface area contributed by atoms with Crippen LogP contribution in [0, 0.1) is 0 Å². The summed E-state index contributed by atoms with van der Waals surface area (Å²) in [7, 11) is 1.62. The van der Waals surface area contributed by atoms with Crippen LogP contribution in [-0.4, -0.2) is 78.5 Å². The number of hydrogen-bond donors (Lipinski definition) is 1. The molecule has 0 bridgehead atoms. The molecule has 2 heterocycles. The van der Waals surface area contributed by atoms with E-state index in [1.165, 1.54) is 12.4 Å². The fraction of sp³-hybridized carbons (Fsp3) is 0.368. The first-order valence-electron chi connectivity index (χ1n) is 9.01. The highest BCUT2D eigenvalue weighted by atomic mass is 16.5. The third kappa shape index (κ3) is 5.09. The molecule has 28 heavy (non-hydrogen) atoms. The zero-order valence-electron chi connectivity index (χ0n) is 15.7. The van der Waals surface area contributed by atoms with E-state index in [1.807, 2.05) is 24.3 Å². The molecule has 1 aromatic heterocycles. The third-order valence-corrected chi connectivity index (χ3v) is 4.36. The maximum absolute atomic E-state index is 12.5. The van der Waals surface area contributed by atoms with Gasteiger partial charge < -0.3 is 24.6 Å². The molecule has 148 valence electrons. The van der Waals surface area contributed by atoms with Gasteiger partial charge >= 0.3 is 0 Å². The summed E-state index contributed by atoms with van der Waals surface area (Å²) in [5.74, 6) is 1.83. The Morgan fingerprint density at radius 1 is 1.11 bits per heavy atom. The van der Waals surface area contributed by atoms with Crippen molar-refractivity contribution in [2.24, 2.45) is 0 Å². The smallest absolute Gasteiger partial charge is 0.257 e. The van der Waals surface area contributed by atoms with Gasteiger partial charge in [0.1, 0.15) is 18.1 Å². The summed E-state index contributed by atoms with van der Waals surface area (Å²) in [4.78, 5) is 34.9. The Labute approximate surface area is 163 Å². The summed E-state index contributed by atoms with van der Waals surface area (Å²) in [6, 6.07) is 7.34. The van der Waals surface area contributed by atoms with Crippen molar-refractivity contribution in [2.75, 3.05) is 51.8 Å². The topological polar surface area (TPSA) is 96.9 Å². The van der Waals surface area contributed by atoms with Gasteiger partial charge in [-0.05, 0) is 24.3 Å². The van der Waals surface area contributed by atoms with E-state index in [2.05, 4.69) is 15.3 Å². The van der Waals surface area contributed by atoms with Gasteiger partial charge in [-0.1, -0.05) is 0 Å². The summed E-state index contributed by atoms with van der Waals surface area (Å²) < 4.78 is 10.7. The number of anilines is 1. The molecule has 3 rings (SSSR count). The van der Waals surface area contributed by atoms with E-state index in [0.717, 1.165) is 17.9 Å². The van der Waals surface area contributed by atoms with E-state index in [0.29, 0.717) is 50.8 Å². The van der Waals surface area contributed by atoms with E-state index in [-0.39, 0.29) is 5.91 Å². The number of ether oxygens (including phenoxy) is 2. The molecule has 9 nitrogen and oxygen atoms in total. The monoisotopic (exact) mass is 385 g/mol. The zero-order chi connectivity index (χ0) is 19.8. The van der Waals surface area contributed by atoms with Crippen LogP contribution in [0.4, 0.5) is 5.95 Å². The van der Waals surface area contributed by atoms with Crippen LogP contribution in [0.5, 0.6) is 11.5 Å². The van der Waals surface area contributed by atoms with Gasteiger partial charge in [-0.3, -0.25) is 9.59 Å². The number of carbonyl (C=O) groups excluding carboxylic acids is 2. The molecule has 0 saturated carbocycles. The summed E-state index contributed by atoms with van der Waals surface area (Å²) in [5.41, 5.74) is 0.430. The fourth-order valence-corrected chi connectivity index (χ4v) is 2.75. The third-order valence-electron chi connectivity index (χ3n) is 4.36. The van der Waals surface area contributed by atoms with Crippen LogP contribution in [-0.2, 0) is 4.79 Å². The Hall–Kier alpha value is -3.36. The molecule has 0 spiro atoms. The number of benzene rings is 1. The largest absolute Gasteiger partial charge is 0.497 e. The predicted octanol–water partition coefficient (Wildman–Crippen LogP) is 0.890. The number of nitrogens with one attached hydrogen (secondary N) is 1. The molecule has 2 aromatic rings. The van der Waals surface area contributed by atoms with Gasteiger partial charge in [-0.2, -0.15) is 0 Å². The fourth-order valence-electron chi connectivity index (χ4n) is 2.75. The number of methoxy groups -OCH3 is 1. The number of amides is 2. The van der Waals surface area contributed by atoms with Crippen LogP contribution in [0.15, 0.2) is 36.7 Å². The average Bonchev–Trinajstić information content (AvgIpc) is 2.77. The molecule has 9 heteroatoms. The van der Waals surface area contributed by atoms with E-state index < -0.39 is 0 Å². The van der Waals surface area contributed by atoms with Crippen LogP contribution in [0.3, 0.4) is 0 Å². The molecule has 1 fully saturated rings. The van der Waals surface area contributed by atoms with Gasteiger partial charge in [0.15, 0.2) is 0 Å². The highest BCUT2D eigenvalue weighted by Crippen LogP contribution is 2.16. The second kappa shape index (κ2) is 9.54. The van der Waals surface area contributed by atoms with Crippen molar-refractivity contribution in [1.29, 1.82) is 0 Å². The molecular formula is C19H23N5O4. The van der Waals surface area contributed by atoms with Crippen LogP contribution in [0.1, 0.15) is 10.4 Å². The quantitative estimate of drug-likeness (QED) is 0.532. The van der Waals surface area contributed by atoms with Crippen molar-refractivity contribution in [1.82, 2.24) is 19.8 Å². The molecule has 1 aliphatic rings. The highest BCUT2D eigenvalue weighted by Gasteiger charge is 2.21. The normalized spacial score (nSPS) is 13.8. The maximum Gasteiger partial charge on any atom is 0.257 e. The maximum atomic E-state index is 12.5. The minimum absolute atomic E-state index is 0.125. The lowest BCUT2D eigenvalue weighted by atomic mass is 10.2. The van der Waals surface area contributed by atoms with Crippen LogP contribution < -0.4 is 14.8 Å². The Kier molecular flexibility index (Phi) is 6.61. The van der Waals surface area contributed by atoms with Crippen LogP contribution >= 0.6 is 0 Å². The van der Waals surface area contributed by atoms with Gasteiger partial charge in [0.2, 0.25) is 12.4 Å². The molecule has 0 radical (unpaired) electrons. The lowest BCUT2D eigenvalue weighted by molar-refractivity contribution is -0.119. The summed E-state index contributed by atoms with van der Waals surface area (Å²) in [6.45, 7) is 3.08. The number of hydrogen-bond acceptors (Lipinski definition) is 7. The first kappa shape index (κ1) is 19.4. The van der Waals surface area contributed by atoms with Crippen molar-refractivity contribution in [3.8, 4) is 11.5 Å². The van der Waals surface area contributed by atoms with Crippen molar-refractivity contribution < 1.29 is 19.1 Å². The Morgan fingerprint density at radius 2 is 1.75 bits per heavy atom. The minimum Gasteiger partial charge on any atom is -0.497 e. The van der Waals surface area contributed by atoms with Gasteiger partial charge in [0.25, 0.3) is 5.91 Å². The van der Waals surface area contributed by atoms with E-state index in [9.17, 15) is 9.59 Å². The Balaban J connectivity index is 1.42. The van der Waals surface area contributed by atoms with Gasteiger partial charge in [-0.15, -0.1) is 0 Å². The highest BCUT2D eigenvalue weighted by molar-refractivity contribution is 5.93. The molecule has 0 unspecified atom stereocenters. The lowest BCUT2D eigenvalue weighted by Crippen LogP contribution is -2.48. The molecule has 1 N–H and O–H groups in total. The molecular weight excluding hydrogens is 362 g/mol. The minimum atomic E-state index is -0.125.